The Balaban J connectivity index is 1.42. The van der Waals surface area contributed by atoms with E-state index in [9.17, 15) is 9.59 Å². The molecule has 2 bridgehead atoms. The van der Waals surface area contributed by atoms with E-state index in [0.717, 1.165) is 24.9 Å². The molecule has 4 rings (SSSR count). The van der Waals surface area contributed by atoms with Gasteiger partial charge in [0.15, 0.2) is 0 Å². The molecule has 2 fully saturated rings. The molecule has 0 spiro atoms. The van der Waals surface area contributed by atoms with E-state index in [4.69, 9.17) is 4.74 Å². The van der Waals surface area contributed by atoms with Crippen molar-refractivity contribution in [2.24, 2.45) is 11.8 Å². The van der Waals surface area contributed by atoms with Crippen LogP contribution in [0.25, 0.3) is 0 Å². The molecule has 0 saturated carbocycles. The maximum atomic E-state index is 12.6. The van der Waals surface area contributed by atoms with Crippen molar-refractivity contribution in [3.05, 3.63) is 48.0 Å². The smallest absolute Gasteiger partial charge is 0.410 e. The minimum absolute atomic E-state index is 0.0734. The first-order valence-electron chi connectivity index (χ1n) is 8.65. The molecule has 5 heteroatoms. The van der Waals surface area contributed by atoms with Crippen molar-refractivity contribution in [3.8, 4) is 0 Å². The van der Waals surface area contributed by atoms with Gasteiger partial charge in [-0.25, -0.2) is 4.79 Å². The monoisotopic (exact) mass is 326 g/mol. The maximum absolute atomic E-state index is 12.6. The van der Waals surface area contributed by atoms with Gasteiger partial charge in [-0.15, -0.1) is 0 Å². The van der Waals surface area contributed by atoms with Gasteiger partial charge < -0.3 is 14.5 Å². The Morgan fingerprint density at radius 3 is 2.88 bits per heavy atom. The van der Waals surface area contributed by atoms with Crippen LogP contribution in [0, 0.1) is 11.8 Å². The fourth-order valence-corrected chi connectivity index (χ4v) is 4.13. The quantitative estimate of drug-likeness (QED) is 0.784. The number of benzene rings is 1. The van der Waals surface area contributed by atoms with Crippen molar-refractivity contribution >= 4 is 12.0 Å². The molecule has 1 aromatic rings. The van der Waals surface area contributed by atoms with Crippen molar-refractivity contribution in [2.45, 2.75) is 25.5 Å². The Hall–Kier alpha value is -2.30. The highest BCUT2D eigenvalue weighted by atomic mass is 16.6. The maximum Gasteiger partial charge on any atom is 0.410 e. The number of ether oxygens (including phenoxy) is 1. The number of amides is 2. The summed E-state index contributed by atoms with van der Waals surface area (Å²) in [5.41, 5.74) is 0.973. The Labute approximate surface area is 141 Å². The number of carbonyl (C=O) groups is 2. The lowest BCUT2D eigenvalue weighted by atomic mass is 9.77. The van der Waals surface area contributed by atoms with Crippen LogP contribution in [0.3, 0.4) is 0 Å². The zero-order chi connectivity index (χ0) is 16.5. The van der Waals surface area contributed by atoms with Crippen LogP contribution in [-0.2, 0) is 16.1 Å². The van der Waals surface area contributed by atoms with Crippen LogP contribution >= 0.6 is 0 Å². The largest absolute Gasteiger partial charge is 0.445 e. The number of nitrogens with zero attached hydrogens (tertiary/aromatic N) is 2. The van der Waals surface area contributed by atoms with E-state index in [1.807, 2.05) is 35.2 Å². The third-order valence-corrected chi connectivity index (χ3v) is 5.29. The van der Waals surface area contributed by atoms with Crippen LogP contribution in [0.2, 0.25) is 0 Å². The molecule has 3 heterocycles. The third kappa shape index (κ3) is 2.79. The first-order chi connectivity index (χ1) is 11.7. The number of piperidine rings is 2. The van der Waals surface area contributed by atoms with Gasteiger partial charge in [-0.1, -0.05) is 42.5 Å². The molecule has 3 aliphatic heterocycles. The number of rotatable bonds is 2. The summed E-state index contributed by atoms with van der Waals surface area (Å²) in [5.74, 6) is 0.444. The minimum Gasteiger partial charge on any atom is -0.445 e. The summed E-state index contributed by atoms with van der Waals surface area (Å²) in [5, 5.41) is 0. The van der Waals surface area contributed by atoms with Crippen molar-refractivity contribution in [1.29, 1.82) is 0 Å². The van der Waals surface area contributed by atoms with Gasteiger partial charge in [0.2, 0.25) is 5.91 Å². The van der Waals surface area contributed by atoms with Gasteiger partial charge in [-0.3, -0.25) is 4.79 Å². The molecule has 126 valence electrons. The normalized spacial score (nSPS) is 28.5. The molecule has 0 N–H and O–H groups in total. The summed E-state index contributed by atoms with van der Waals surface area (Å²) in [4.78, 5) is 28.8. The minimum atomic E-state index is -0.311. The fraction of sp³-hybridized carbons (Fsp3) is 0.474. The number of hydrogen-bond donors (Lipinski definition) is 0. The lowest BCUT2D eigenvalue weighted by Gasteiger charge is -2.50. The molecule has 0 aromatic heterocycles. The van der Waals surface area contributed by atoms with Crippen LogP contribution < -0.4 is 0 Å². The molecular weight excluding hydrogens is 304 g/mol. The zero-order valence-corrected chi connectivity index (χ0v) is 13.6. The van der Waals surface area contributed by atoms with Crippen molar-refractivity contribution in [3.63, 3.8) is 0 Å². The lowest BCUT2D eigenvalue weighted by Crippen LogP contribution is -2.61. The Morgan fingerprint density at radius 1 is 1.21 bits per heavy atom. The first-order valence-corrected chi connectivity index (χ1v) is 8.65. The first kappa shape index (κ1) is 15.2. The van der Waals surface area contributed by atoms with E-state index >= 15 is 0 Å². The molecule has 2 saturated heterocycles. The average molecular weight is 326 g/mol. The van der Waals surface area contributed by atoms with Gasteiger partial charge >= 0.3 is 6.09 Å². The molecular formula is C19H22N2O3. The molecule has 5 nitrogen and oxygen atoms in total. The predicted molar refractivity (Wildman–Crippen MR) is 89.1 cm³/mol. The molecule has 0 aliphatic carbocycles. The molecule has 3 atom stereocenters. The molecule has 24 heavy (non-hydrogen) atoms. The average Bonchev–Trinajstić information content (AvgIpc) is 2.65. The Bertz CT molecular complexity index is 658. The standard InChI is InChI=1S/C19H22N2O3/c22-18-16-10-15(17-8-4-5-9-21(17)18)11-20(12-16)19(23)24-13-14-6-2-1-3-7-14/h1-4,6-8,15-17H,5,9-13H2/t15-,16+,17-/m0/s1. The topological polar surface area (TPSA) is 49.9 Å². The predicted octanol–water partition coefficient (Wildman–Crippen LogP) is 2.43. The van der Waals surface area contributed by atoms with Gasteiger partial charge in [-0.2, -0.15) is 0 Å². The third-order valence-electron chi connectivity index (χ3n) is 5.29. The van der Waals surface area contributed by atoms with Gasteiger partial charge in [0.25, 0.3) is 0 Å². The molecule has 2 amide bonds. The van der Waals surface area contributed by atoms with Crippen molar-refractivity contribution < 1.29 is 14.3 Å². The molecule has 1 aromatic carbocycles. The van der Waals surface area contributed by atoms with Gasteiger partial charge in [0, 0.05) is 25.6 Å². The van der Waals surface area contributed by atoms with E-state index in [1.165, 1.54) is 0 Å². The van der Waals surface area contributed by atoms with Crippen LogP contribution in [0.4, 0.5) is 4.79 Å². The zero-order valence-electron chi connectivity index (χ0n) is 13.6. The summed E-state index contributed by atoms with van der Waals surface area (Å²) in [6.45, 7) is 2.24. The van der Waals surface area contributed by atoms with Crippen LogP contribution in [-0.4, -0.2) is 47.5 Å². The molecule has 0 unspecified atom stereocenters. The molecule has 3 aliphatic rings. The fourth-order valence-electron chi connectivity index (χ4n) is 4.13. The highest BCUT2D eigenvalue weighted by Crippen LogP contribution is 2.36. The van der Waals surface area contributed by atoms with Crippen molar-refractivity contribution in [1.82, 2.24) is 9.80 Å². The number of carbonyl (C=O) groups excluding carboxylic acids is 2. The van der Waals surface area contributed by atoms with Crippen LogP contribution in [0.15, 0.2) is 42.5 Å². The van der Waals surface area contributed by atoms with Gasteiger partial charge in [-0.05, 0) is 18.4 Å². The molecule has 0 radical (unpaired) electrons. The summed E-state index contributed by atoms with van der Waals surface area (Å²) in [6.07, 6.45) is 5.80. The highest BCUT2D eigenvalue weighted by molar-refractivity contribution is 5.82. The van der Waals surface area contributed by atoms with Crippen molar-refractivity contribution in [2.75, 3.05) is 19.6 Å². The summed E-state index contributed by atoms with van der Waals surface area (Å²) in [6, 6.07) is 9.81. The second kappa shape index (κ2) is 6.30. The number of likely N-dealkylation sites (tertiary alicyclic amines) is 1. The van der Waals surface area contributed by atoms with E-state index in [0.29, 0.717) is 19.0 Å². The second-order valence-corrected chi connectivity index (χ2v) is 6.88. The Kier molecular flexibility index (Phi) is 4.00. The van der Waals surface area contributed by atoms with Crippen LogP contribution in [0.1, 0.15) is 18.4 Å². The SMILES string of the molecule is O=C(OCc1ccccc1)N1C[C@H]2C[C@@H](C1)[C@@H]1C=CCCN1C2=O. The number of hydrogen-bond acceptors (Lipinski definition) is 3. The van der Waals surface area contributed by atoms with E-state index in [-0.39, 0.29) is 30.6 Å². The summed E-state index contributed by atoms with van der Waals surface area (Å²) >= 11 is 0. The van der Waals surface area contributed by atoms with E-state index in [2.05, 4.69) is 12.2 Å². The Morgan fingerprint density at radius 2 is 2.04 bits per heavy atom. The van der Waals surface area contributed by atoms with E-state index < -0.39 is 0 Å². The van der Waals surface area contributed by atoms with Gasteiger partial charge in [0.1, 0.15) is 6.61 Å². The second-order valence-electron chi connectivity index (χ2n) is 6.88. The summed E-state index contributed by atoms with van der Waals surface area (Å²) in [7, 11) is 0. The van der Waals surface area contributed by atoms with E-state index in [1.54, 1.807) is 4.90 Å². The van der Waals surface area contributed by atoms with Gasteiger partial charge in [0.05, 0.1) is 12.0 Å². The lowest BCUT2D eigenvalue weighted by molar-refractivity contribution is -0.147. The number of fused-ring (bicyclic) bond motifs is 4. The highest BCUT2D eigenvalue weighted by Gasteiger charge is 2.46. The van der Waals surface area contributed by atoms with Crippen LogP contribution in [0.5, 0.6) is 0 Å². The summed E-state index contributed by atoms with van der Waals surface area (Å²) < 4.78 is 5.45.